The zero-order chi connectivity index (χ0) is 36.2. The van der Waals surface area contributed by atoms with Crippen molar-refractivity contribution in [2.75, 3.05) is 0 Å². The van der Waals surface area contributed by atoms with E-state index in [9.17, 15) is 0 Å². The van der Waals surface area contributed by atoms with Gasteiger partial charge in [0, 0.05) is 56.3 Å². The number of H-pyrrole nitrogens is 1. The first-order valence-corrected chi connectivity index (χ1v) is 18.4. The van der Waals surface area contributed by atoms with Gasteiger partial charge in [0.2, 0.25) is 0 Å². The first kappa shape index (κ1) is 34.3. The summed E-state index contributed by atoms with van der Waals surface area (Å²) in [7, 11) is 0. The van der Waals surface area contributed by atoms with Gasteiger partial charge in [-0.1, -0.05) is 108 Å². The minimum Gasteiger partial charge on any atom is -0.460 e. The predicted molar refractivity (Wildman–Crippen MR) is 226 cm³/mol. The van der Waals surface area contributed by atoms with Crippen molar-refractivity contribution in [2.24, 2.45) is 0 Å². The Kier molecular flexibility index (Phi) is 9.85. The summed E-state index contributed by atoms with van der Waals surface area (Å²) in [6.07, 6.45) is 24.2. The minimum absolute atomic E-state index is 0.0618. The van der Waals surface area contributed by atoms with Crippen molar-refractivity contribution >= 4 is 72.6 Å². The third-order valence-electron chi connectivity index (χ3n) is 9.54. The Morgan fingerprint density at radius 2 is 1.63 bits per heavy atom. The molecule has 3 aromatic heterocycles. The molecule has 0 spiro atoms. The number of aromatic nitrogens is 2. The van der Waals surface area contributed by atoms with Crippen LogP contribution in [0.15, 0.2) is 139 Å². The van der Waals surface area contributed by atoms with Crippen LogP contribution in [0.1, 0.15) is 51.0 Å². The van der Waals surface area contributed by atoms with Gasteiger partial charge in [0.15, 0.2) is 0 Å². The number of hydrogen-bond donors (Lipinski definition) is 3. The van der Waals surface area contributed by atoms with Gasteiger partial charge in [-0.15, -0.1) is 0 Å². The lowest BCUT2D eigenvalue weighted by molar-refractivity contribution is 0.545. The molecule has 0 bridgehead atoms. The maximum Gasteiger partial charge on any atom is 0.146 e. The molecule has 2 aliphatic rings. The van der Waals surface area contributed by atoms with Crippen LogP contribution in [0.5, 0.6) is 0 Å². The molecule has 0 fully saturated rings. The van der Waals surface area contributed by atoms with Crippen LogP contribution in [0.2, 0.25) is 0 Å². The van der Waals surface area contributed by atoms with Gasteiger partial charge in [-0.05, 0) is 78.4 Å². The molecular weight excluding hydrogens is 637 g/mol. The molecular formula is C47H46N4O. The molecule has 1 atom stereocenters. The Morgan fingerprint density at radius 1 is 0.846 bits per heavy atom. The largest absolute Gasteiger partial charge is 0.460 e. The molecule has 1 aliphatic heterocycles. The molecule has 9 rings (SSSR count). The van der Waals surface area contributed by atoms with E-state index in [1.807, 2.05) is 64.3 Å². The van der Waals surface area contributed by atoms with Crippen LogP contribution in [-0.2, 0) is 6.42 Å². The average Bonchev–Trinajstić information content (AvgIpc) is 3.86. The van der Waals surface area contributed by atoms with E-state index in [0.717, 1.165) is 57.3 Å². The second kappa shape index (κ2) is 15.0. The lowest BCUT2D eigenvalue weighted by Crippen LogP contribution is -2.37. The zero-order valence-electron chi connectivity index (χ0n) is 30.5. The number of aromatic amines is 1. The van der Waals surface area contributed by atoms with Crippen molar-refractivity contribution in [1.82, 2.24) is 20.2 Å². The quantitative estimate of drug-likeness (QED) is 0.147. The molecule has 5 heteroatoms. The molecule has 4 aromatic carbocycles. The maximum absolute atomic E-state index is 6.60. The molecule has 260 valence electrons. The topological polar surface area (TPSA) is 57.9 Å². The SMILES string of the molecule is C=C/C=C\C=C/n1c2ccccc2c2cc(-c3ccc4[nH]c5c(C(=C)NC6C=CC=CN6)c6oc7c(c6cc5c4c3)C=CCC7)ccc21.CC.CC. The van der Waals surface area contributed by atoms with Gasteiger partial charge in [-0.25, -0.2) is 0 Å². The highest BCUT2D eigenvalue weighted by atomic mass is 16.3. The first-order valence-electron chi connectivity index (χ1n) is 18.4. The fraction of sp³-hybridized carbons (Fsp3) is 0.149. The highest BCUT2D eigenvalue weighted by Gasteiger charge is 2.24. The number of nitrogens with one attached hydrogen (secondary N) is 3. The van der Waals surface area contributed by atoms with Gasteiger partial charge in [0.05, 0.1) is 22.1 Å². The van der Waals surface area contributed by atoms with E-state index >= 15 is 0 Å². The molecule has 4 heterocycles. The monoisotopic (exact) mass is 682 g/mol. The van der Waals surface area contributed by atoms with Gasteiger partial charge in [-0.2, -0.15) is 0 Å². The number of nitrogens with zero attached hydrogens (tertiary/aromatic N) is 1. The summed E-state index contributed by atoms with van der Waals surface area (Å²) in [4.78, 5) is 3.75. The van der Waals surface area contributed by atoms with E-state index < -0.39 is 0 Å². The van der Waals surface area contributed by atoms with Gasteiger partial charge < -0.3 is 24.6 Å². The van der Waals surface area contributed by atoms with E-state index in [1.54, 1.807) is 6.08 Å². The van der Waals surface area contributed by atoms with Crippen molar-refractivity contribution in [3.8, 4) is 11.1 Å². The Balaban J connectivity index is 0.00000102. The average molecular weight is 683 g/mol. The zero-order valence-corrected chi connectivity index (χ0v) is 30.5. The second-order valence-electron chi connectivity index (χ2n) is 12.4. The number of para-hydroxylation sites is 1. The summed E-state index contributed by atoms with van der Waals surface area (Å²) in [5.74, 6) is 1.04. The lowest BCUT2D eigenvalue weighted by Gasteiger charge is -2.20. The van der Waals surface area contributed by atoms with Crippen LogP contribution < -0.4 is 10.6 Å². The number of rotatable bonds is 7. The highest BCUT2D eigenvalue weighted by Crippen LogP contribution is 2.42. The van der Waals surface area contributed by atoms with Crippen LogP contribution >= 0.6 is 0 Å². The molecule has 3 N–H and O–H groups in total. The summed E-state index contributed by atoms with van der Waals surface area (Å²) in [6, 6.07) is 24.4. The Hall–Kier alpha value is -6.20. The van der Waals surface area contributed by atoms with E-state index in [-0.39, 0.29) is 6.17 Å². The van der Waals surface area contributed by atoms with Crippen LogP contribution in [0.3, 0.4) is 0 Å². The highest BCUT2D eigenvalue weighted by molar-refractivity contribution is 6.18. The Bertz CT molecular complexity index is 2610. The van der Waals surface area contributed by atoms with E-state index in [4.69, 9.17) is 4.42 Å². The molecule has 0 saturated heterocycles. The Labute approximate surface area is 305 Å². The van der Waals surface area contributed by atoms with Crippen molar-refractivity contribution in [3.05, 3.63) is 152 Å². The normalized spacial score (nSPS) is 14.9. The summed E-state index contributed by atoms with van der Waals surface area (Å²) in [5.41, 5.74) is 10.6. The van der Waals surface area contributed by atoms with Crippen LogP contribution in [0.4, 0.5) is 0 Å². The number of furan rings is 1. The molecule has 52 heavy (non-hydrogen) atoms. The first-order chi connectivity index (χ1) is 25.7. The van der Waals surface area contributed by atoms with Crippen molar-refractivity contribution in [1.29, 1.82) is 0 Å². The van der Waals surface area contributed by atoms with E-state index in [1.165, 1.54) is 43.9 Å². The fourth-order valence-electron chi connectivity index (χ4n) is 7.32. The van der Waals surface area contributed by atoms with Crippen molar-refractivity contribution in [3.63, 3.8) is 0 Å². The number of aryl methyl sites for hydroxylation is 1. The number of allylic oxidation sites excluding steroid dienone is 7. The number of hydrogen-bond acceptors (Lipinski definition) is 3. The lowest BCUT2D eigenvalue weighted by atomic mass is 9.97. The predicted octanol–water partition coefficient (Wildman–Crippen LogP) is 12.6. The number of fused-ring (bicyclic) bond motifs is 9. The molecule has 0 saturated carbocycles. The summed E-state index contributed by atoms with van der Waals surface area (Å²) >= 11 is 0. The number of dihydropyridines is 1. The van der Waals surface area contributed by atoms with Gasteiger partial charge >= 0.3 is 0 Å². The third kappa shape index (κ3) is 5.98. The van der Waals surface area contributed by atoms with Crippen LogP contribution in [-0.4, -0.2) is 15.7 Å². The molecule has 1 aliphatic carbocycles. The summed E-state index contributed by atoms with van der Waals surface area (Å²) < 4.78 is 8.86. The van der Waals surface area contributed by atoms with Crippen LogP contribution in [0, 0.1) is 0 Å². The second-order valence-corrected chi connectivity index (χ2v) is 12.4. The Morgan fingerprint density at radius 3 is 2.44 bits per heavy atom. The van der Waals surface area contributed by atoms with Gasteiger partial charge in [0.1, 0.15) is 17.5 Å². The van der Waals surface area contributed by atoms with Crippen LogP contribution in [0.25, 0.3) is 83.7 Å². The maximum atomic E-state index is 6.60. The summed E-state index contributed by atoms with van der Waals surface area (Å²) in [5, 5.41) is 12.8. The minimum atomic E-state index is -0.0618. The molecule has 5 nitrogen and oxygen atoms in total. The molecule has 0 radical (unpaired) electrons. The van der Waals surface area contributed by atoms with E-state index in [2.05, 4.69) is 125 Å². The summed E-state index contributed by atoms with van der Waals surface area (Å²) in [6.45, 7) is 16.3. The third-order valence-corrected chi connectivity index (χ3v) is 9.54. The van der Waals surface area contributed by atoms with Gasteiger partial charge in [-0.3, -0.25) is 0 Å². The molecule has 7 aromatic rings. The standard InChI is InChI=1S/C43H34N4O.2C2H6/c1-3-4-5-12-23-47-37-15-8-6-13-30(37)33-25-29(19-21-38(33)47)28-18-20-36-32(24-28)34-26-35-31-14-7-9-16-39(31)48-43(35)41(42(34)46-36)27(2)45-40-17-10-11-22-44-40;2*1-2/h3-8,10-15,17-26,40,44-46H,1-2,9,16H2;2*1-2H3/b5-4-,23-12-;;. The van der Waals surface area contributed by atoms with E-state index in [0.29, 0.717) is 0 Å². The number of benzene rings is 4. The molecule has 0 amide bonds. The smallest absolute Gasteiger partial charge is 0.146 e. The fourth-order valence-corrected chi connectivity index (χ4v) is 7.32. The molecule has 1 unspecified atom stereocenters. The van der Waals surface area contributed by atoms with Gasteiger partial charge in [0.25, 0.3) is 0 Å². The van der Waals surface area contributed by atoms with Crippen molar-refractivity contribution in [2.45, 2.75) is 46.7 Å². The van der Waals surface area contributed by atoms with Crippen molar-refractivity contribution < 1.29 is 4.42 Å².